The second kappa shape index (κ2) is 7.36. The van der Waals surface area contributed by atoms with Gasteiger partial charge in [-0.25, -0.2) is 14.4 Å². The summed E-state index contributed by atoms with van der Waals surface area (Å²) in [5, 5.41) is 3.87. The molecule has 1 atom stereocenters. The van der Waals surface area contributed by atoms with Crippen LogP contribution >= 0.6 is 11.6 Å². The van der Waals surface area contributed by atoms with Crippen LogP contribution in [0.15, 0.2) is 30.6 Å². The molecule has 2 rings (SSSR count). The molecule has 0 spiro atoms. The van der Waals surface area contributed by atoms with Gasteiger partial charge in [0.25, 0.3) is 0 Å². The molecule has 2 aromatic rings. The molecule has 0 bridgehead atoms. The Hall–Kier alpha value is -1.68. The fraction of sp³-hybridized carbons (Fsp3) is 0.375. The van der Waals surface area contributed by atoms with E-state index in [2.05, 4.69) is 29.1 Å². The van der Waals surface area contributed by atoms with Gasteiger partial charge in [-0.3, -0.25) is 0 Å². The van der Waals surface area contributed by atoms with Gasteiger partial charge in [-0.05, 0) is 37.5 Å². The molecule has 0 fully saturated rings. The highest BCUT2D eigenvalue weighted by Crippen LogP contribution is 2.22. The standard InChI is InChI=1S/C16H19ClFN3/c1-3-4-14-15(17)19-10-20-16(14)21-11(2)9-12-5-7-13(18)8-6-12/h5-8,10-11H,3-4,9H2,1-2H3,(H,19,20,21). The molecule has 0 amide bonds. The van der Waals surface area contributed by atoms with Gasteiger partial charge < -0.3 is 5.32 Å². The van der Waals surface area contributed by atoms with Crippen molar-refractivity contribution in [1.82, 2.24) is 9.97 Å². The Morgan fingerprint density at radius 3 is 2.62 bits per heavy atom. The summed E-state index contributed by atoms with van der Waals surface area (Å²) in [4.78, 5) is 8.32. The summed E-state index contributed by atoms with van der Waals surface area (Å²) >= 11 is 6.14. The molecule has 0 radical (unpaired) electrons. The first-order valence-electron chi connectivity index (χ1n) is 7.10. The summed E-state index contributed by atoms with van der Waals surface area (Å²) in [5.74, 6) is 0.568. The van der Waals surface area contributed by atoms with Crippen molar-refractivity contribution in [1.29, 1.82) is 0 Å². The van der Waals surface area contributed by atoms with Crippen LogP contribution in [-0.2, 0) is 12.8 Å². The summed E-state index contributed by atoms with van der Waals surface area (Å²) in [6, 6.07) is 6.72. The molecule has 1 heterocycles. The Morgan fingerprint density at radius 1 is 1.24 bits per heavy atom. The van der Waals surface area contributed by atoms with Crippen molar-refractivity contribution in [3.63, 3.8) is 0 Å². The Labute approximate surface area is 129 Å². The lowest BCUT2D eigenvalue weighted by Gasteiger charge is -2.17. The monoisotopic (exact) mass is 307 g/mol. The van der Waals surface area contributed by atoms with E-state index in [1.165, 1.54) is 18.5 Å². The SMILES string of the molecule is CCCc1c(Cl)ncnc1NC(C)Cc1ccc(F)cc1. The number of hydrogen-bond donors (Lipinski definition) is 1. The molecule has 5 heteroatoms. The Balaban J connectivity index is 2.07. The van der Waals surface area contributed by atoms with Crippen LogP contribution in [0.1, 0.15) is 31.4 Å². The molecule has 1 aromatic carbocycles. The van der Waals surface area contributed by atoms with Crippen molar-refractivity contribution in [2.45, 2.75) is 39.2 Å². The van der Waals surface area contributed by atoms with Crippen molar-refractivity contribution in [2.24, 2.45) is 0 Å². The van der Waals surface area contributed by atoms with Gasteiger partial charge in [0, 0.05) is 11.6 Å². The normalized spacial score (nSPS) is 12.2. The molecule has 0 saturated heterocycles. The van der Waals surface area contributed by atoms with Crippen molar-refractivity contribution in [3.05, 3.63) is 52.7 Å². The molecular weight excluding hydrogens is 289 g/mol. The molecule has 1 unspecified atom stereocenters. The van der Waals surface area contributed by atoms with E-state index >= 15 is 0 Å². The molecule has 21 heavy (non-hydrogen) atoms. The fourth-order valence-electron chi connectivity index (χ4n) is 2.25. The van der Waals surface area contributed by atoms with Crippen molar-refractivity contribution < 1.29 is 4.39 Å². The summed E-state index contributed by atoms with van der Waals surface area (Å²) in [7, 11) is 0. The molecule has 3 nitrogen and oxygen atoms in total. The van der Waals surface area contributed by atoms with E-state index in [9.17, 15) is 4.39 Å². The van der Waals surface area contributed by atoms with E-state index < -0.39 is 0 Å². The molecule has 112 valence electrons. The number of nitrogens with one attached hydrogen (secondary N) is 1. The number of anilines is 1. The summed E-state index contributed by atoms with van der Waals surface area (Å²) in [6.45, 7) is 4.16. The zero-order valence-corrected chi connectivity index (χ0v) is 13.0. The molecule has 0 aliphatic rings. The second-order valence-corrected chi connectivity index (χ2v) is 5.48. The number of hydrogen-bond acceptors (Lipinski definition) is 3. The van der Waals surface area contributed by atoms with Gasteiger partial charge in [0.2, 0.25) is 0 Å². The summed E-state index contributed by atoms with van der Waals surface area (Å²) in [5.41, 5.74) is 2.03. The highest BCUT2D eigenvalue weighted by atomic mass is 35.5. The van der Waals surface area contributed by atoms with Crippen molar-refractivity contribution in [2.75, 3.05) is 5.32 Å². The van der Waals surface area contributed by atoms with E-state index in [0.29, 0.717) is 5.15 Å². The molecule has 0 saturated carbocycles. The zero-order valence-electron chi connectivity index (χ0n) is 12.2. The quantitative estimate of drug-likeness (QED) is 0.810. The van der Waals surface area contributed by atoms with Crippen LogP contribution in [0.5, 0.6) is 0 Å². The van der Waals surface area contributed by atoms with Gasteiger partial charge in [0.15, 0.2) is 0 Å². The maximum Gasteiger partial charge on any atom is 0.137 e. The van der Waals surface area contributed by atoms with Crippen molar-refractivity contribution >= 4 is 17.4 Å². The van der Waals surface area contributed by atoms with E-state index in [-0.39, 0.29) is 11.9 Å². The van der Waals surface area contributed by atoms with Gasteiger partial charge in [-0.15, -0.1) is 0 Å². The fourth-order valence-corrected chi connectivity index (χ4v) is 2.47. The minimum atomic E-state index is -0.216. The third-order valence-electron chi connectivity index (χ3n) is 3.23. The predicted molar refractivity (Wildman–Crippen MR) is 84.2 cm³/mol. The van der Waals surface area contributed by atoms with Gasteiger partial charge >= 0.3 is 0 Å². The van der Waals surface area contributed by atoms with E-state index in [0.717, 1.165) is 36.2 Å². The second-order valence-electron chi connectivity index (χ2n) is 5.12. The van der Waals surface area contributed by atoms with E-state index in [1.54, 1.807) is 12.1 Å². The lowest BCUT2D eigenvalue weighted by Crippen LogP contribution is -2.20. The minimum absolute atomic E-state index is 0.164. The number of nitrogens with zero attached hydrogens (tertiary/aromatic N) is 2. The predicted octanol–water partition coefficient (Wildman–Crippen LogP) is 4.26. The lowest BCUT2D eigenvalue weighted by molar-refractivity contribution is 0.626. The average molecular weight is 308 g/mol. The third-order valence-corrected chi connectivity index (χ3v) is 3.56. The van der Waals surface area contributed by atoms with E-state index in [4.69, 9.17) is 11.6 Å². The van der Waals surface area contributed by atoms with Crippen LogP contribution in [0.4, 0.5) is 10.2 Å². The van der Waals surface area contributed by atoms with Crippen LogP contribution in [0.25, 0.3) is 0 Å². The molecule has 1 N–H and O–H groups in total. The first kappa shape index (κ1) is 15.7. The Bertz CT molecular complexity index is 587. The number of rotatable bonds is 6. The average Bonchev–Trinajstić information content (AvgIpc) is 2.45. The first-order valence-corrected chi connectivity index (χ1v) is 7.48. The van der Waals surface area contributed by atoms with Crippen molar-refractivity contribution in [3.8, 4) is 0 Å². The minimum Gasteiger partial charge on any atom is -0.367 e. The summed E-state index contributed by atoms with van der Waals surface area (Å²) < 4.78 is 12.9. The van der Waals surface area contributed by atoms with Gasteiger partial charge in [0.1, 0.15) is 23.1 Å². The summed E-state index contributed by atoms with van der Waals surface area (Å²) in [6.07, 6.45) is 4.07. The lowest BCUT2D eigenvalue weighted by atomic mass is 10.1. The van der Waals surface area contributed by atoms with Crippen LogP contribution in [0.3, 0.4) is 0 Å². The topological polar surface area (TPSA) is 37.8 Å². The zero-order chi connectivity index (χ0) is 15.2. The Kier molecular flexibility index (Phi) is 5.51. The molecular formula is C16H19ClFN3. The van der Waals surface area contributed by atoms with E-state index in [1.807, 2.05) is 0 Å². The molecule has 0 aliphatic heterocycles. The largest absolute Gasteiger partial charge is 0.367 e. The first-order chi connectivity index (χ1) is 10.1. The van der Waals surface area contributed by atoms with Crippen LogP contribution in [0.2, 0.25) is 5.15 Å². The number of benzene rings is 1. The highest BCUT2D eigenvalue weighted by Gasteiger charge is 2.12. The van der Waals surface area contributed by atoms with Crippen LogP contribution < -0.4 is 5.32 Å². The third kappa shape index (κ3) is 4.39. The molecule has 0 aliphatic carbocycles. The molecule has 1 aromatic heterocycles. The maximum atomic E-state index is 12.9. The van der Waals surface area contributed by atoms with Crippen LogP contribution in [0, 0.1) is 5.82 Å². The number of aromatic nitrogens is 2. The van der Waals surface area contributed by atoms with Gasteiger partial charge in [0.05, 0.1) is 0 Å². The highest BCUT2D eigenvalue weighted by molar-refractivity contribution is 6.30. The maximum absolute atomic E-state index is 12.9. The smallest absolute Gasteiger partial charge is 0.137 e. The van der Waals surface area contributed by atoms with Gasteiger partial charge in [-0.1, -0.05) is 37.1 Å². The van der Waals surface area contributed by atoms with Gasteiger partial charge in [-0.2, -0.15) is 0 Å². The van der Waals surface area contributed by atoms with Crippen LogP contribution in [-0.4, -0.2) is 16.0 Å². The number of halogens is 2. The Morgan fingerprint density at radius 2 is 1.95 bits per heavy atom.